The maximum absolute atomic E-state index is 2.23. The molecule has 0 N–H and O–H groups in total. The predicted octanol–water partition coefficient (Wildman–Crippen LogP) is 3.17. The van der Waals surface area contributed by atoms with Crippen LogP contribution in [-0.2, 0) is 17.1 Å². The molecule has 3 aromatic carbocycles. The minimum absolute atomic E-state index is 0. The minimum atomic E-state index is -0.446. The Bertz CT molecular complexity index is 529. The third kappa shape index (κ3) is 3.38. The van der Waals surface area contributed by atoms with Crippen molar-refractivity contribution in [1.29, 1.82) is 0 Å². The van der Waals surface area contributed by atoms with Gasteiger partial charge in [0.25, 0.3) is 0 Å². The largest absolute Gasteiger partial charge is 0.0622 e. The van der Waals surface area contributed by atoms with Gasteiger partial charge < -0.3 is 0 Å². The first-order valence-electron chi connectivity index (χ1n) is 6.40. The predicted molar refractivity (Wildman–Crippen MR) is 86.5 cm³/mol. The van der Waals surface area contributed by atoms with Crippen molar-refractivity contribution >= 4 is 23.8 Å². The molecule has 0 spiro atoms. The van der Waals surface area contributed by atoms with Crippen LogP contribution in [0.5, 0.6) is 0 Å². The SMILES string of the molecule is [CuH].c1ccc(P(c2ccccc2)c2ccccc2)cc1. The van der Waals surface area contributed by atoms with Crippen molar-refractivity contribution in [2.24, 2.45) is 0 Å². The molecule has 0 bridgehead atoms. The fourth-order valence-electron chi connectivity index (χ4n) is 2.18. The van der Waals surface area contributed by atoms with E-state index < -0.39 is 7.92 Å². The topological polar surface area (TPSA) is 0 Å². The average molecular weight is 327 g/mol. The van der Waals surface area contributed by atoms with Crippen molar-refractivity contribution in [3.8, 4) is 0 Å². The molecule has 0 fully saturated rings. The van der Waals surface area contributed by atoms with Crippen LogP contribution in [0.25, 0.3) is 0 Å². The Hall–Kier alpha value is -1.39. The Morgan fingerprint density at radius 1 is 0.400 bits per heavy atom. The van der Waals surface area contributed by atoms with Gasteiger partial charge in [-0.05, 0) is 23.8 Å². The second-order valence-electron chi connectivity index (χ2n) is 4.34. The molecule has 0 atom stereocenters. The van der Waals surface area contributed by atoms with Gasteiger partial charge in [-0.2, -0.15) is 0 Å². The Morgan fingerprint density at radius 2 is 0.650 bits per heavy atom. The molecule has 0 aliphatic carbocycles. The van der Waals surface area contributed by atoms with Gasteiger partial charge in [-0.25, -0.2) is 0 Å². The van der Waals surface area contributed by atoms with Crippen molar-refractivity contribution in [3.05, 3.63) is 91.0 Å². The van der Waals surface area contributed by atoms with Crippen LogP contribution in [0, 0.1) is 0 Å². The maximum Gasteiger partial charge on any atom is -0.0134 e. The van der Waals surface area contributed by atoms with Crippen LogP contribution in [0.15, 0.2) is 91.0 Å². The third-order valence-electron chi connectivity index (χ3n) is 3.04. The summed E-state index contributed by atoms with van der Waals surface area (Å²) in [5.74, 6) is 0. The smallest absolute Gasteiger partial charge is 0.0134 e. The molecule has 20 heavy (non-hydrogen) atoms. The Balaban J connectivity index is 0.00000147. The second kappa shape index (κ2) is 7.41. The molecule has 0 aromatic heterocycles. The molecular formula is C18H16CuP. The molecule has 2 heteroatoms. The second-order valence-corrected chi connectivity index (χ2v) is 6.56. The number of hydrogen-bond donors (Lipinski definition) is 0. The fourth-order valence-corrected chi connectivity index (χ4v) is 4.48. The molecule has 0 unspecified atom stereocenters. The molecule has 104 valence electrons. The molecule has 0 heterocycles. The first-order chi connectivity index (χ1) is 9.45. The summed E-state index contributed by atoms with van der Waals surface area (Å²) in [6.45, 7) is 0. The van der Waals surface area contributed by atoms with Gasteiger partial charge in [0.1, 0.15) is 0 Å². The van der Waals surface area contributed by atoms with E-state index in [2.05, 4.69) is 91.0 Å². The van der Waals surface area contributed by atoms with Gasteiger partial charge in [-0.15, -0.1) is 0 Å². The van der Waals surface area contributed by atoms with Crippen molar-refractivity contribution in [2.75, 3.05) is 0 Å². The summed E-state index contributed by atoms with van der Waals surface area (Å²) in [6.07, 6.45) is 0. The van der Waals surface area contributed by atoms with E-state index in [1.54, 1.807) is 0 Å². The van der Waals surface area contributed by atoms with Gasteiger partial charge in [-0.1, -0.05) is 91.0 Å². The molecule has 1 radical (unpaired) electrons. The molecule has 3 rings (SSSR count). The van der Waals surface area contributed by atoms with E-state index in [9.17, 15) is 0 Å². The van der Waals surface area contributed by atoms with Crippen LogP contribution in [0.2, 0.25) is 0 Å². The summed E-state index contributed by atoms with van der Waals surface area (Å²) >= 11 is 0. The summed E-state index contributed by atoms with van der Waals surface area (Å²) in [5, 5.41) is 4.19. The molecule has 0 nitrogen and oxygen atoms in total. The van der Waals surface area contributed by atoms with Gasteiger partial charge in [-0.3, -0.25) is 0 Å². The van der Waals surface area contributed by atoms with Gasteiger partial charge in [0.2, 0.25) is 0 Å². The zero-order valence-corrected chi connectivity index (χ0v) is 12.8. The summed E-state index contributed by atoms with van der Waals surface area (Å²) in [7, 11) is -0.446. The van der Waals surface area contributed by atoms with E-state index in [1.807, 2.05) is 0 Å². The first-order valence-corrected chi connectivity index (χ1v) is 7.74. The zero-order valence-electron chi connectivity index (χ0n) is 10.9. The Morgan fingerprint density at radius 3 is 0.900 bits per heavy atom. The fraction of sp³-hybridized carbons (Fsp3) is 0. The van der Waals surface area contributed by atoms with Crippen molar-refractivity contribution < 1.29 is 17.1 Å². The summed E-state index contributed by atoms with van der Waals surface area (Å²) in [4.78, 5) is 0. The monoisotopic (exact) mass is 326 g/mol. The van der Waals surface area contributed by atoms with Crippen LogP contribution >= 0.6 is 7.92 Å². The van der Waals surface area contributed by atoms with Crippen LogP contribution in [-0.4, -0.2) is 0 Å². The quantitative estimate of drug-likeness (QED) is 0.512. The van der Waals surface area contributed by atoms with E-state index in [0.29, 0.717) is 0 Å². The Labute approximate surface area is 132 Å². The number of benzene rings is 3. The van der Waals surface area contributed by atoms with E-state index >= 15 is 0 Å². The van der Waals surface area contributed by atoms with Gasteiger partial charge in [0.15, 0.2) is 0 Å². The Kier molecular flexibility index (Phi) is 5.56. The van der Waals surface area contributed by atoms with Crippen molar-refractivity contribution in [1.82, 2.24) is 0 Å². The maximum atomic E-state index is 2.23. The molecular weight excluding hydrogens is 311 g/mol. The molecule has 0 aliphatic rings. The van der Waals surface area contributed by atoms with E-state index in [0.717, 1.165) is 0 Å². The summed E-state index contributed by atoms with van der Waals surface area (Å²) in [5.41, 5.74) is 0. The van der Waals surface area contributed by atoms with Crippen LogP contribution < -0.4 is 15.9 Å². The van der Waals surface area contributed by atoms with Crippen LogP contribution in [0.4, 0.5) is 0 Å². The average Bonchev–Trinajstić information content (AvgIpc) is 2.51. The van der Waals surface area contributed by atoms with E-state index in [1.165, 1.54) is 15.9 Å². The van der Waals surface area contributed by atoms with Crippen molar-refractivity contribution in [3.63, 3.8) is 0 Å². The van der Waals surface area contributed by atoms with Crippen LogP contribution in [0.3, 0.4) is 0 Å². The van der Waals surface area contributed by atoms with E-state index in [4.69, 9.17) is 0 Å². The number of hydrogen-bond acceptors (Lipinski definition) is 0. The molecule has 0 aliphatic heterocycles. The van der Waals surface area contributed by atoms with E-state index in [-0.39, 0.29) is 17.1 Å². The van der Waals surface area contributed by atoms with Crippen molar-refractivity contribution in [2.45, 2.75) is 0 Å². The summed E-state index contributed by atoms with van der Waals surface area (Å²) < 4.78 is 0. The summed E-state index contributed by atoms with van der Waals surface area (Å²) in [6, 6.07) is 32.3. The van der Waals surface area contributed by atoms with Gasteiger partial charge in [0.05, 0.1) is 0 Å². The molecule has 3 aromatic rings. The zero-order chi connectivity index (χ0) is 12.9. The first kappa shape index (κ1) is 15.0. The molecule has 0 saturated heterocycles. The normalized spacial score (nSPS) is 10.1. The third-order valence-corrected chi connectivity index (χ3v) is 5.49. The standard InChI is InChI=1S/C18H15P.Cu.H/c1-4-10-16(11-5-1)19(17-12-6-2-7-13-17)18-14-8-3-9-15-18;;/h1-15H;;. The van der Waals surface area contributed by atoms with Crippen LogP contribution in [0.1, 0.15) is 0 Å². The van der Waals surface area contributed by atoms with Gasteiger partial charge >= 0.3 is 17.1 Å². The molecule has 0 amide bonds. The van der Waals surface area contributed by atoms with Gasteiger partial charge in [0, 0.05) is 0 Å². The molecule has 0 saturated carbocycles. The number of rotatable bonds is 3. The minimum Gasteiger partial charge on any atom is -0.0622 e.